The van der Waals surface area contributed by atoms with E-state index in [1.165, 1.54) is 0 Å². The van der Waals surface area contributed by atoms with Crippen LogP contribution in [0.1, 0.15) is 19.8 Å². The predicted octanol–water partition coefficient (Wildman–Crippen LogP) is 1.84. The molecule has 1 aliphatic rings. The highest BCUT2D eigenvalue weighted by Crippen LogP contribution is 2.16. The molecule has 1 aromatic carbocycles. The molecule has 1 aliphatic heterocycles. The van der Waals surface area contributed by atoms with Crippen molar-refractivity contribution in [1.82, 2.24) is 10.2 Å². The predicted molar refractivity (Wildman–Crippen MR) is 91.2 cm³/mol. The van der Waals surface area contributed by atoms with Crippen LogP contribution in [0.15, 0.2) is 24.3 Å². The molecule has 0 saturated carbocycles. The van der Waals surface area contributed by atoms with Crippen LogP contribution >= 0.6 is 0 Å². The van der Waals surface area contributed by atoms with Gasteiger partial charge in [-0.2, -0.15) is 0 Å². The first-order chi connectivity index (χ1) is 11.6. The van der Waals surface area contributed by atoms with Gasteiger partial charge in [0.1, 0.15) is 5.75 Å². The largest absolute Gasteiger partial charge is 0.497 e. The van der Waals surface area contributed by atoms with Crippen molar-refractivity contribution in [3.8, 4) is 5.75 Å². The summed E-state index contributed by atoms with van der Waals surface area (Å²) in [5, 5.41) is 6.07. The third kappa shape index (κ3) is 5.42. The summed E-state index contributed by atoms with van der Waals surface area (Å²) in [6.07, 6.45) is 1.36. The molecular weight excluding hydrogens is 310 g/mol. The topological polar surface area (TPSA) is 79.9 Å². The van der Waals surface area contributed by atoms with Crippen LogP contribution in [0.2, 0.25) is 0 Å². The Balaban J connectivity index is 1.70. The standard InChI is InChI=1S/C17H25N3O4/c1-3-24-17(22)20-9-7-13(8-10-20)18-12-16(21)19-14-5-4-6-15(11-14)23-2/h4-6,11,13,18H,3,7-10,12H2,1-2H3,(H,19,21). The van der Waals surface area contributed by atoms with Crippen LogP contribution in [0.3, 0.4) is 0 Å². The Labute approximate surface area is 142 Å². The number of benzene rings is 1. The normalized spacial score (nSPS) is 15.0. The Morgan fingerprint density at radius 2 is 2.04 bits per heavy atom. The fraction of sp³-hybridized carbons (Fsp3) is 0.529. The Morgan fingerprint density at radius 3 is 2.71 bits per heavy atom. The molecule has 0 aromatic heterocycles. The fourth-order valence-corrected chi connectivity index (χ4v) is 2.62. The fourth-order valence-electron chi connectivity index (χ4n) is 2.62. The number of methoxy groups -OCH3 is 1. The van der Waals surface area contributed by atoms with Crippen molar-refractivity contribution in [1.29, 1.82) is 0 Å². The minimum atomic E-state index is -0.258. The van der Waals surface area contributed by atoms with Gasteiger partial charge in [-0.1, -0.05) is 6.07 Å². The molecule has 1 aromatic rings. The molecular formula is C17H25N3O4. The van der Waals surface area contributed by atoms with Gasteiger partial charge in [-0.15, -0.1) is 0 Å². The van der Waals surface area contributed by atoms with Crippen molar-refractivity contribution >= 4 is 17.7 Å². The lowest BCUT2D eigenvalue weighted by Gasteiger charge is -2.31. The quantitative estimate of drug-likeness (QED) is 0.829. The smallest absolute Gasteiger partial charge is 0.409 e. The molecule has 2 N–H and O–H groups in total. The van der Waals surface area contributed by atoms with Crippen LogP contribution in [-0.2, 0) is 9.53 Å². The number of carbonyl (C=O) groups excluding carboxylic acids is 2. The Hall–Kier alpha value is -2.28. The van der Waals surface area contributed by atoms with Crippen LogP contribution in [0.25, 0.3) is 0 Å². The molecule has 7 nitrogen and oxygen atoms in total. The molecule has 132 valence electrons. The summed E-state index contributed by atoms with van der Waals surface area (Å²) in [6, 6.07) is 7.47. The third-order valence-electron chi connectivity index (χ3n) is 3.93. The van der Waals surface area contributed by atoms with E-state index in [0.29, 0.717) is 31.1 Å². The van der Waals surface area contributed by atoms with Crippen molar-refractivity contribution in [2.45, 2.75) is 25.8 Å². The highest BCUT2D eigenvalue weighted by molar-refractivity contribution is 5.92. The summed E-state index contributed by atoms with van der Waals surface area (Å²) in [4.78, 5) is 25.4. The van der Waals surface area contributed by atoms with Crippen LogP contribution in [0, 0.1) is 0 Å². The van der Waals surface area contributed by atoms with Crippen molar-refractivity contribution in [3.05, 3.63) is 24.3 Å². The molecule has 0 atom stereocenters. The van der Waals surface area contributed by atoms with Crippen molar-refractivity contribution < 1.29 is 19.1 Å². The molecule has 1 fully saturated rings. The maximum Gasteiger partial charge on any atom is 0.409 e. The van der Waals surface area contributed by atoms with Crippen LogP contribution < -0.4 is 15.4 Å². The number of hydrogen-bond acceptors (Lipinski definition) is 5. The molecule has 0 unspecified atom stereocenters. The summed E-state index contributed by atoms with van der Waals surface area (Å²) >= 11 is 0. The zero-order valence-corrected chi connectivity index (χ0v) is 14.2. The van der Waals surface area contributed by atoms with E-state index in [9.17, 15) is 9.59 Å². The minimum Gasteiger partial charge on any atom is -0.497 e. The number of amides is 2. The van der Waals surface area contributed by atoms with Crippen LogP contribution in [0.5, 0.6) is 5.75 Å². The van der Waals surface area contributed by atoms with Gasteiger partial charge in [0.25, 0.3) is 0 Å². The summed E-state index contributed by atoms with van der Waals surface area (Å²) in [7, 11) is 1.59. The average Bonchev–Trinajstić information content (AvgIpc) is 2.61. The van der Waals surface area contributed by atoms with Gasteiger partial charge in [0.15, 0.2) is 0 Å². The van der Waals surface area contributed by atoms with Crippen molar-refractivity contribution in [2.24, 2.45) is 0 Å². The Bertz CT molecular complexity index is 557. The first kappa shape index (κ1) is 18.1. The molecule has 7 heteroatoms. The number of ether oxygens (including phenoxy) is 2. The second-order valence-corrected chi connectivity index (χ2v) is 5.62. The Morgan fingerprint density at radius 1 is 1.29 bits per heavy atom. The maximum absolute atomic E-state index is 12.0. The van der Waals surface area contributed by atoms with Gasteiger partial charge >= 0.3 is 6.09 Å². The lowest BCUT2D eigenvalue weighted by atomic mass is 10.1. The number of anilines is 1. The summed E-state index contributed by atoms with van der Waals surface area (Å²) in [5.74, 6) is 0.600. The van der Waals surface area contributed by atoms with E-state index >= 15 is 0 Å². The summed E-state index contributed by atoms with van der Waals surface area (Å²) in [5.41, 5.74) is 0.707. The SMILES string of the molecule is CCOC(=O)N1CCC(NCC(=O)Nc2cccc(OC)c2)CC1. The number of likely N-dealkylation sites (tertiary alicyclic amines) is 1. The summed E-state index contributed by atoms with van der Waals surface area (Å²) < 4.78 is 10.1. The number of hydrogen-bond donors (Lipinski definition) is 2. The van der Waals surface area contributed by atoms with Gasteiger partial charge in [0.2, 0.25) is 5.91 Å². The molecule has 1 saturated heterocycles. The monoisotopic (exact) mass is 335 g/mol. The molecule has 0 bridgehead atoms. The molecule has 2 amide bonds. The van der Waals surface area contributed by atoms with E-state index in [1.54, 1.807) is 25.0 Å². The Kier molecular flexibility index (Phi) is 6.87. The number of rotatable bonds is 6. The van der Waals surface area contributed by atoms with E-state index in [1.807, 2.05) is 18.2 Å². The van der Waals surface area contributed by atoms with Gasteiger partial charge < -0.3 is 25.0 Å². The first-order valence-electron chi connectivity index (χ1n) is 8.21. The van der Waals surface area contributed by atoms with Gasteiger partial charge in [0.05, 0.1) is 20.3 Å². The molecule has 1 heterocycles. The zero-order valence-electron chi connectivity index (χ0n) is 14.2. The summed E-state index contributed by atoms with van der Waals surface area (Å²) in [6.45, 7) is 3.72. The second-order valence-electron chi connectivity index (χ2n) is 5.62. The van der Waals surface area contributed by atoms with Crippen molar-refractivity contribution in [3.63, 3.8) is 0 Å². The number of carbonyl (C=O) groups is 2. The lowest BCUT2D eigenvalue weighted by Crippen LogP contribution is -2.46. The van der Waals surface area contributed by atoms with E-state index in [2.05, 4.69) is 10.6 Å². The van der Waals surface area contributed by atoms with Gasteiger partial charge in [-0.25, -0.2) is 4.79 Å². The molecule has 0 radical (unpaired) electrons. The van der Waals surface area contributed by atoms with E-state index < -0.39 is 0 Å². The number of nitrogens with zero attached hydrogens (tertiary/aromatic N) is 1. The number of piperidine rings is 1. The zero-order chi connectivity index (χ0) is 17.4. The maximum atomic E-state index is 12.0. The highest BCUT2D eigenvalue weighted by atomic mass is 16.6. The molecule has 2 rings (SSSR count). The highest BCUT2D eigenvalue weighted by Gasteiger charge is 2.23. The number of nitrogens with one attached hydrogen (secondary N) is 2. The third-order valence-corrected chi connectivity index (χ3v) is 3.93. The molecule has 0 aliphatic carbocycles. The molecule has 24 heavy (non-hydrogen) atoms. The van der Waals surface area contributed by atoms with E-state index in [-0.39, 0.29) is 24.6 Å². The van der Waals surface area contributed by atoms with Gasteiger partial charge in [-0.3, -0.25) is 4.79 Å². The average molecular weight is 335 g/mol. The first-order valence-corrected chi connectivity index (χ1v) is 8.21. The van der Waals surface area contributed by atoms with Gasteiger partial charge in [-0.05, 0) is 31.9 Å². The van der Waals surface area contributed by atoms with Crippen molar-refractivity contribution in [2.75, 3.05) is 38.7 Å². The van der Waals surface area contributed by atoms with E-state index in [4.69, 9.17) is 9.47 Å². The van der Waals surface area contributed by atoms with Crippen LogP contribution in [-0.4, -0.2) is 56.3 Å². The van der Waals surface area contributed by atoms with Gasteiger partial charge in [0, 0.05) is 30.9 Å². The second kappa shape index (κ2) is 9.12. The molecule has 0 spiro atoms. The van der Waals surface area contributed by atoms with E-state index in [0.717, 1.165) is 12.8 Å². The van der Waals surface area contributed by atoms with Crippen LogP contribution in [0.4, 0.5) is 10.5 Å². The minimum absolute atomic E-state index is 0.101. The lowest BCUT2D eigenvalue weighted by molar-refractivity contribution is -0.115.